The second-order valence-electron chi connectivity index (χ2n) is 4.19. The fourth-order valence-electron chi connectivity index (χ4n) is 1.81. The molecular weight excluding hydrogens is 343 g/mol. The first-order chi connectivity index (χ1) is 9.86. The van der Waals surface area contributed by atoms with Crippen molar-refractivity contribution in [1.82, 2.24) is 9.29 Å². The summed E-state index contributed by atoms with van der Waals surface area (Å²) in [6.07, 6.45) is 0.167. The molecular formula is C11H12Cl2N2O5S. The van der Waals surface area contributed by atoms with E-state index in [0.29, 0.717) is 0 Å². The van der Waals surface area contributed by atoms with Crippen molar-refractivity contribution in [2.75, 3.05) is 26.8 Å². The summed E-state index contributed by atoms with van der Waals surface area (Å²) in [6, 6.07) is 1.22. The number of morpholine rings is 1. The number of methoxy groups -OCH3 is 1. The molecule has 21 heavy (non-hydrogen) atoms. The molecule has 0 aromatic carbocycles. The SMILES string of the molecule is COC(=O)C1CN(S(=O)(=O)c2cnc(Cl)c(Cl)c2)CCO1. The van der Waals surface area contributed by atoms with Crippen molar-refractivity contribution < 1.29 is 22.7 Å². The number of hydrogen-bond acceptors (Lipinski definition) is 6. The van der Waals surface area contributed by atoms with Gasteiger partial charge in [0.2, 0.25) is 10.0 Å². The van der Waals surface area contributed by atoms with Gasteiger partial charge in [-0.15, -0.1) is 0 Å². The van der Waals surface area contributed by atoms with Crippen LogP contribution in [-0.2, 0) is 24.3 Å². The van der Waals surface area contributed by atoms with Gasteiger partial charge in [0, 0.05) is 12.7 Å². The number of aromatic nitrogens is 1. The number of pyridine rings is 1. The monoisotopic (exact) mass is 354 g/mol. The molecule has 0 bridgehead atoms. The van der Waals surface area contributed by atoms with Crippen LogP contribution in [-0.4, -0.2) is 56.6 Å². The van der Waals surface area contributed by atoms with Crippen molar-refractivity contribution in [3.63, 3.8) is 0 Å². The average Bonchev–Trinajstić information content (AvgIpc) is 2.49. The second kappa shape index (κ2) is 6.45. The maximum atomic E-state index is 12.5. The van der Waals surface area contributed by atoms with Crippen LogP contribution in [0.1, 0.15) is 0 Å². The molecule has 1 aromatic rings. The number of hydrogen-bond donors (Lipinski definition) is 0. The van der Waals surface area contributed by atoms with Crippen LogP contribution in [0.15, 0.2) is 17.2 Å². The Hall–Kier alpha value is -0.930. The fraction of sp³-hybridized carbons (Fsp3) is 0.455. The third kappa shape index (κ3) is 3.46. The van der Waals surface area contributed by atoms with E-state index in [1.54, 1.807) is 0 Å². The first kappa shape index (κ1) is 16.4. The molecule has 0 N–H and O–H groups in total. The Morgan fingerprint density at radius 3 is 2.86 bits per heavy atom. The fourth-order valence-corrected chi connectivity index (χ4v) is 3.54. The summed E-state index contributed by atoms with van der Waals surface area (Å²) >= 11 is 11.5. The van der Waals surface area contributed by atoms with Gasteiger partial charge >= 0.3 is 5.97 Å². The number of nitrogens with zero attached hydrogens (tertiary/aromatic N) is 2. The van der Waals surface area contributed by atoms with E-state index in [1.807, 2.05) is 0 Å². The van der Waals surface area contributed by atoms with Crippen molar-refractivity contribution in [1.29, 1.82) is 0 Å². The zero-order chi connectivity index (χ0) is 15.6. The summed E-state index contributed by atoms with van der Waals surface area (Å²) in [5.74, 6) is -0.623. The minimum atomic E-state index is -3.84. The van der Waals surface area contributed by atoms with Gasteiger partial charge < -0.3 is 9.47 Å². The summed E-state index contributed by atoms with van der Waals surface area (Å²) in [5.41, 5.74) is 0. The summed E-state index contributed by atoms with van der Waals surface area (Å²) in [4.78, 5) is 15.1. The lowest BCUT2D eigenvalue weighted by Crippen LogP contribution is -2.48. The van der Waals surface area contributed by atoms with Gasteiger partial charge in [-0.2, -0.15) is 4.31 Å². The number of carbonyl (C=O) groups is 1. The van der Waals surface area contributed by atoms with E-state index in [1.165, 1.54) is 13.2 Å². The molecule has 0 saturated carbocycles. The van der Waals surface area contributed by atoms with Crippen LogP contribution in [0.25, 0.3) is 0 Å². The zero-order valence-electron chi connectivity index (χ0n) is 11.0. The molecule has 2 heterocycles. The maximum absolute atomic E-state index is 12.5. The average molecular weight is 355 g/mol. The van der Waals surface area contributed by atoms with E-state index in [9.17, 15) is 13.2 Å². The first-order valence-corrected chi connectivity index (χ1v) is 8.06. The molecule has 0 amide bonds. The van der Waals surface area contributed by atoms with Gasteiger partial charge in [-0.3, -0.25) is 0 Å². The highest BCUT2D eigenvalue weighted by Crippen LogP contribution is 2.25. The lowest BCUT2D eigenvalue weighted by molar-refractivity contribution is -0.157. The van der Waals surface area contributed by atoms with E-state index in [-0.39, 0.29) is 34.8 Å². The van der Waals surface area contributed by atoms with Crippen LogP contribution < -0.4 is 0 Å². The predicted octanol–water partition coefficient (Wildman–Crippen LogP) is 0.951. The number of sulfonamides is 1. The second-order valence-corrected chi connectivity index (χ2v) is 6.89. The molecule has 7 nitrogen and oxygen atoms in total. The molecule has 1 aromatic heterocycles. The number of ether oxygens (including phenoxy) is 2. The highest BCUT2D eigenvalue weighted by Gasteiger charge is 2.35. The molecule has 1 atom stereocenters. The van der Waals surface area contributed by atoms with E-state index in [0.717, 1.165) is 10.5 Å². The highest BCUT2D eigenvalue weighted by molar-refractivity contribution is 7.89. The Labute approximate surface area is 131 Å². The molecule has 1 aliphatic heterocycles. The number of rotatable bonds is 3. The Morgan fingerprint density at radius 1 is 1.52 bits per heavy atom. The molecule has 1 aliphatic rings. The Balaban J connectivity index is 2.26. The Morgan fingerprint density at radius 2 is 2.24 bits per heavy atom. The standard InChI is InChI=1S/C11H12Cl2N2O5S/c1-19-11(16)9-6-15(2-3-20-9)21(17,18)7-4-8(12)10(13)14-5-7/h4-5,9H,2-3,6H2,1H3. The minimum Gasteiger partial charge on any atom is -0.467 e. The minimum absolute atomic E-state index is 0.0185. The predicted molar refractivity (Wildman–Crippen MR) is 74.8 cm³/mol. The van der Waals surface area contributed by atoms with E-state index >= 15 is 0 Å². The quantitative estimate of drug-likeness (QED) is 0.593. The topological polar surface area (TPSA) is 85.8 Å². The summed E-state index contributed by atoms with van der Waals surface area (Å²) in [7, 11) is -2.63. The van der Waals surface area contributed by atoms with Crippen LogP contribution >= 0.6 is 23.2 Å². The van der Waals surface area contributed by atoms with Crippen LogP contribution in [0.4, 0.5) is 0 Å². The van der Waals surface area contributed by atoms with Gasteiger partial charge in [-0.05, 0) is 6.07 Å². The van der Waals surface area contributed by atoms with Gasteiger partial charge in [0.15, 0.2) is 6.10 Å². The van der Waals surface area contributed by atoms with Crippen LogP contribution in [0.5, 0.6) is 0 Å². The lowest BCUT2D eigenvalue weighted by atomic mass is 10.3. The molecule has 0 aliphatic carbocycles. The Kier molecular flexibility index (Phi) is 5.05. The van der Waals surface area contributed by atoms with E-state index < -0.39 is 22.1 Å². The third-order valence-electron chi connectivity index (χ3n) is 2.90. The van der Waals surface area contributed by atoms with Crippen LogP contribution in [0.3, 0.4) is 0 Å². The molecule has 1 saturated heterocycles. The van der Waals surface area contributed by atoms with Crippen molar-refractivity contribution >= 4 is 39.2 Å². The molecule has 0 spiro atoms. The van der Waals surface area contributed by atoms with Crippen molar-refractivity contribution in [2.45, 2.75) is 11.0 Å². The van der Waals surface area contributed by atoms with Crippen LogP contribution in [0.2, 0.25) is 10.2 Å². The van der Waals surface area contributed by atoms with E-state index in [4.69, 9.17) is 27.9 Å². The van der Waals surface area contributed by atoms with Gasteiger partial charge in [-0.1, -0.05) is 23.2 Å². The molecule has 1 fully saturated rings. The number of carbonyl (C=O) groups excluding carboxylic acids is 1. The molecule has 2 rings (SSSR count). The first-order valence-electron chi connectivity index (χ1n) is 5.87. The summed E-state index contributed by atoms with van der Waals surface area (Å²) < 4.78 is 35.8. The van der Waals surface area contributed by atoms with Crippen LogP contribution in [0, 0.1) is 0 Å². The highest BCUT2D eigenvalue weighted by atomic mass is 35.5. The Bertz CT molecular complexity index is 652. The van der Waals surface area contributed by atoms with Gasteiger partial charge in [0.1, 0.15) is 10.0 Å². The number of halogens is 2. The summed E-state index contributed by atoms with van der Waals surface area (Å²) in [5, 5.41) is 0.0561. The van der Waals surface area contributed by atoms with Gasteiger partial charge in [0.05, 0.1) is 25.3 Å². The lowest BCUT2D eigenvalue weighted by Gasteiger charge is -2.30. The molecule has 10 heteroatoms. The maximum Gasteiger partial charge on any atom is 0.336 e. The van der Waals surface area contributed by atoms with E-state index in [2.05, 4.69) is 9.72 Å². The van der Waals surface area contributed by atoms with Gasteiger partial charge in [-0.25, -0.2) is 18.2 Å². The third-order valence-corrected chi connectivity index (χ3v) is 5.42. The largest absolute Gasteiger partial charge is 0.467 e. The summed E-state index contributed by atoms with van der Waals surface area (Å²) in [6.45, 7) is 0.0824. The zero-order valence-corrected chi connectivity index (χ0v) is 13.3. The molecule has 116 valence electrons. The van der Waals surface area contributed by atoms with Crippen molar-refractivity contribution in [3.8, 4) is 0 Å². The normalized spacial score (nSPS) is 20.2. The smallest absolute Gasteiger partial charge is 0.336 e. The van der Waals surface area contributed by atoms with Crippen molar-refractivity contribution in [2.24, 2.45) is 0 Å². The van der Waals surface area contributed by atoms with Crippen molar-refractivity contribution in [3.05, 3.63) is 22.4 Å². The molecule has 1 unspecified atom stereocenters. The van der Waals surface area contributed by atoms with Gasteiger partial charge in [0.25, 0.3) is 0 Å². The number of esters is 1. The molecule has 0 radical (unpaired) electrons.